The number of hydrogen-bond acceptors (Lipinski definition) is 5. The molecule has 3 aromatic carbocycles. The van der Waals surface area contributed by atoms with Gasteiger partial charge in [-0.2, -0.15) is 0 Å². The molecular formula is C28H29NO6. The van der Waals surface area contributed by atoms with Crippen molar-refractivity contribution in [3.05, 3.63) is 65.7 Å². The molecule has 0 unspecified atom stereocenters. The predicted octanol–water partition coefficient (Wildman–Crippen LogP) is 4.95. The highest BCUT2D eigenvalue weighted by molar-refractivity contribution is 6.00. The molecule has 3 aromatic rings. The van der Waals surface area contributed by atoms with Crippen LogP contribution in [0.5, 0.6) is 11.5 Å². The smallest absolute Gasteiger partial charge is 0.306 e. The number of aliphatic carboxylic acids is 1. The minimum Gasteiger partial charge on any atom is -0.486 e. The van der Waals surface area contributed by atoms with Crippen LogP contribution in [0.3, 0.4) is 0 Å². The van der Waals surface area contributed by atoms with Crippen molar-refractivity contribution in [1.29, 1.82) is 0 Å². The van der Waals surface area contributed by atoms with Crippen molar-refractivity contribution in [2.45, 2.75) is 39.4 Å². The van der Waals surface area contributed by atoms with E-state index in [0.29, 0.717) is 36.9 Å². The maximum Gasteiger partial charge on any atom is 0.306 e. The molecule has 2 atom stereocenters. The van der Waals surface area contributed by atoms with Crippen molar-refractivity contribution >= 4 is 28.3 Å². The first-order valence-corrected chi connectivity index (χ1v) is 11.8. The highest BCUT2D eigenvalue weighted by atomic mass is 16.6. The van der Waals surface area contributed by atoms with Gasteiger partial charge in [0.1, 0.15) is 25.4 Å². The number of anilines is 1. The molecule has 0 radical (unpaired) electrons. The average molecular weight is 476 g/mol. The molecule has 2 heterocycles. The van der Waals surface area contributed by atoms with Gasteiger partial charge in [-0.05, 0) is 27.8 Å². The van der Waals surface area contributed by atoms with Crippen molar-refractivity contribution in [3.8, 4) is 11.5 Å². The average Bonchev–Trinajstić information content (AvgIpc) is 2.92. The summed E-state index contributed by atoms with van der Waals surface area (Å²) >= 11 is 0. The van der Waals surface area contributed by atoms with Gasteiger partial charge in [0.2, 0.25) is 0 Å². The number of carbonyl (C=O) groups excluding carboxylic acids is 1. The third-order valence-corrected chi connectivity index (χ3v) is 6.20. The van der Waals surface area contributed by atoms with E-state index in [1.54, 1.807) is 4.90 Å². The Morgan fingerprint density at radius 3 is 2.40 bits per heavy atom. The monoisotopic (exact) mass is 475 g/mol. The third kappa shape index (κ3) is 4.56. The van der Waals surface area contributed by atoms with E-state index in [0.717, 1.165) is 21.9 Å². The number of ether oxygens (including phenoxy) is 3. The lowest BCUT2D eigenvalue weighted by molar-refractivity contribution is -0.147. The fraction of sp³-hybridized carbons (Fsp3) is 0.357. The van der Waals surface area contributed by atoms with Gasteiger partial charge < -0.3 is 24.2 Å². The van der Waals surface area contributed by atoms with Crippen molar-refractivity contribution in [2.24, 2.45) is 5.41 Å². The highest BCUT2D eigenvalue weighted by Crippen LogP contribution is 2.46. The Morgan fingerprint density at radius 2 is 1.69 bits per heavy atom. The Kier molecular flexibility index (Phi) is 5.89. The summed E-state index contributed by atoms with van der Waals surface area (Å²) in [5.41, 5.74) is 2.02. The van der Waals surface area contributed by atoms with Gasteiger partial charge in [0.15, 0.2) is 11.5 Å². The van der Waals surface area contributed by atoms with Gasteiger partial charge in [-0.3, -0.25) is 9.59 Å². The molecule has 0 bridgehead atoms. The van der Waals surface area contributed by atoms with Crippen LogP contribution in [0.2, 0.25) is 0 Å². The summed E-state index contributed by atoms with van der Waals surface area (Å²) in [4.78, 5) is 27.2. The summed E-state index contributed by atoms with van der Waals surface area (Å²) in [6, 6.07) is 17.6. The molecule has 1 amide bonds. The van der Waals surface area contributed by atoms with Crippen molar-refractivity contribution in [3.63, 3.8) is 0 Å². The van der Waals surface area contributed by atoms with E-state index >= 15 is 0 Å². The first-order valence-electron chi connectivity index (χ1n) is 11.8. The zero-order chi connectivity index (χ0) is 24.7. The number of hydrogen-bond donors (Lipinski definition) is 1. The summed E-state index contributed by atoms with van der Waals surface area (Å²) in [6.07, 6.45) is -2.25. The Labute approximate surface area is 204 Å². The van der Waals surface area contributed by atoms with Crippen molar-refractivity contribution in [2.75, 3.05) is 24.7 Å². The molecule has 7 heteroatoms. The highest BCUT2D eigenvalue weighted by Gasteiger charge is 2.40. The number of amides is 1. The van der Waals surface area contributed by atoms with E-state index < -0.39 is 24.6 Å². The molecular weight excluding hydrogens is 446 g/mol. The molecule has 0 spiro atoms. The zero-order valence-corrected chi connectivity index (χ0v) is 20.1. The summed E-state index contributed by atoms with van der Waals surface area (Å²) < 4.78 is 18.1. The molecule has 7 nitrogen and oxygen atoms in total. The van der Waals surface area contributed by atoms with Gasteiger partial charge in [0.05, 0.1) is 12.1 Å². The van der Waals surface area contributed by atoms with Crippen LogP contribution in [0.25, 0.3) is 10.8 Å². The Morgan fingerprint density at radius 1 is 1.00 bits per heavy atom. The largest absolute Gasteiger partial charge is 0.486 e. The fourth-order valence-corrected chi connectivity index (χ4v) is 4.78. The second-order valence-electron chi connectivity index (χ2n) is 10.2. The molecule has 2 aliphatic heterocycles. The van der Waals surface area contributed by atoms with Crippen LogP contribution < -0.4 is 14.4 Å². The predicted molar refractivity (Wildman–Crippen MR) is 132 cm³/mol. The number of benzene rings is 3. The number of carboxylic acids is 1. The quantitative estimate of drug-likeness (QED) is 0.575. The van der Waals surface area contributed by atoms with E-state index in [9.17, 15) is 14.7 Å². The topological polar surface area (TPSA) is 85.3 Å². The summed E-state index contributed by atoms with van der Waals surface area (Å²) in [7, 11) is 0. The van der Waals surface area contributed by atoms with Crippen molar-refractivity contribution in [1.82, 2.24) is 0 Å². The van der Waals surface area contributed by atoms with Gasteiger partial charge in [-0.15, -0.1) is 0 Å². The number of nitrogens with zero attached hydrogens (tertiary/aromatic N) is 1. The first-order chi connectivity index (χ1) is 16.7. The fourth-order valence-electron chi connectivity index (χ4n) is 4.78. The van der Waals surface area contributed by atoms with Crippen LogP contribution in [-0.4, -0.2) is 42.8 Å². The van der Waals surface area contributed by atoms with Gasteiger partial charge in [0, 0.05) is 18.2 Å². The van der Waals surface area contributed by atoms with E-state index in [4.69, 9.17) is 14.2 Å². The molecule has 0 fully saturated rings. The first kappa shape index (κ1) is 23.2. The number of carbonyl (C=O) groups is 2. The molecule has 182 valence electrons. The van der Waals surface area contributed by atoms with E-state index in [2.05, 4.69) is 0 Å². The molecule has 0 aromatic heterocycles. The number of fused-ring (bicyclic) bond motifs is 3. The van der Waals surface area contributed by atoms with Gasteiger partial charge >= 0.3 is 5.97 Å². The second-order valence-corrected chi connectivity index (χ2v) is 10.2. The summed E-state index contributed by atoms with van der Waals surface area (Å²) in [5.74, 6) is -0.311. The lowest BCUT2D eigenvalue weighted by Crippen LogP contribution is -2.44. The molecule has 0 aliphatic carbocycles. The molecule has 35 heavy (non-hydrogen) atoms. The lowest BCUT2D eigenvalue weighted by atomic mass is 9.92. The molecule has 0 saturated carbocycles. The van der Waals surface area contributed by atoms with Crippen LogP contribution in [0, 0.1) is 5.41 Å². The lowest BCUT2D eigenvalue weighted by Gasteiger charge is -2.32. The zero-order valence-electron chi connectivity index (χ0n) is 20.1. The van der Waals surface area contributed by atoms with E-state index in [-0.39, 0.29) is 11.3 Å². The van der Waals surface area contributed by atoms with Gasteiger partial charge in [0.25, 0.3) is 5.91 Å². The Balaban J connectivity index is 1.76. The van der Waals surface area contributed by atoms with Crippen LogP contribution in [-0.2, 0) is 14.3 Å². The van der Waals surface area contributed by atoms with Crippen LogP contribution >= 0.6 is 0 Å². The minimum absolute atomic E-state index is 0.243. The Bertz CT molecular complexity index is 1290. The normalized spacial score (nSPS) is 19.9. The molecule has 1 N–H and O–H groups in total. The standard InChI is InChI=1S/C28H29NO6/c1-28(2,3)16-29-21-14-23-22(33-11-12-34-23)13-20(21)26(35-24(27(29)32)15-25(30)31)19-10-6-8-17-7-4-5-9-18(17)19/h4-10,13-14,24,26H,11-12,15-16H2,1-3H3,(H,30,31)/t24-,26-/m1/s1. The molecule has 2 aliphatic rings. The Hall–Kier alpha value is -3.58. The maximum atomic E-state index is 13.8. The van der Waals surface area contributed by atoms with Gasteiger partial charge in [-0.1, -0.05) is 63.2 Å². The summed E-state index contributed by atoms with van der Waals surface area (Å²) in [5, 5.41) is 11.6. The SMILES string of the molecule is CC(C)(C)CN1C(=O)[C@@H](CC(=O)O)O[C@H](c2cccc3ccccc23)c2cc3c(cc21)OCCO3. The van der Waals surface area contributed by atoms with Crippen LogP contribution in [0.15, 0.2) is 54.6 Å². The van der Waals surface area contributed by atoms with Crippen LogP contribution in [0.1, 0.15) is 44.4 Å². The maximum absolute atomic E-state index is 13.8. The van der Waals surface area contributed by atoms with E-state index in [1.165, 1.54) is 0 Å². The van der Waals surface area contributed by atoms with E-state index in [1.807, 2.05) is 75.4 Å². The molecule has 5 rings (SSSR count). The third-order valence-electron chi connectivity index (χ3n) is 6.20. The molecule has 0 saturated heterocycles. The summed E-state index contributed by atoms with van der Waals surface area (Å²) in [6.45, 7) is 7.36. The number of carboxylic acid groups (broad SMARTS) is 1. The van der Waals surface area contributed by atoms with Gasteiger partial charge in [-0.25, -0.2) is 0 Å². The minimum atomic E-state index is -1.15. The van der Waals surface area contributed by atoms with Crippen LogP contribution in [0.4, 0.5) is 5.69 Å². The number of rotatable bonds is 4. The second kappa shape index (κ2) is 8.89. The van der Waals surface area contributed by atoms with Crippen molar-refractivity contribution < 1.29 is 28.9 Å².